The quantitative estimate of drug-likeness (QED) is 0.533. The predicted molar refractivity (Wildman–Crippen MR) is 82.7 cm³/mol. The maximum absolute atomic E-state index is 11.7. The summed E-state index contributed by atoms with van der Waals surface area (Å²) in [7, 11) is 0. The van der Waals surface area contributed by atoms with Gasteiger partial charge in [0.1, 0.15) is 10.9 Å². The van der Waals surface area contributed by atoms with Crippen LogP contribution in [0.25, 0.3) is 0 Å². The van der Waals surface area contributed by atoms with Gasteiger partial charge >= 0.3 is 6.36 Å². The summed E-state index contributed by atoms with van der Waals surface area (Å²) in [5, 5.41) is -0.908. The smallest absolute Gasteiger partial charge is 0.406 e. The minimum absolute atomic E-state index is 0.112. The Kier molecular flexibility index (Phi) is 7.47. The highest BCUT2D eigenvalue weighted by Gasteiger charge is 2.30. The molecule has 0 saturated carbocycles. The van der Waals surface area contributed by atoms with E-state index in [1.807, 2.05) is 0 Å². The Morgan fingerprint density at radius 3 is 1.79 bits per heavy atom. The van der Waals surface area contributed by atoms with Gasteiger partial charge in [0.15, 0.2) is 0 Å². The van der Waals surface area contributed by atoms with E-state index in [9.17, 15) is 22.8 Å². The van der Waals surface area contributed by atoms with Crippen molar-refractivity contribution >= 4 is 45.3 Å². The Labute approximate surface area is 149 Å². The van der Waals surface area contributed by atoms with Crippen molar-refractivity contribution in [2.24, 2.45) is 0 Å². The van der Waals surface area contributed by atoms with Gasteiger partial charge in [-0.2, -0.15) is 0 Å². The summed E-state index contributed by atoms with van der Waals surface area (Å²) in [4.78, 5) is 24.6. The van der Waals surface area contributed by atoms with Crippen LogP contribution in [0.2, 0.25) is 5.15 Å². The number of hydrogen-bond acceptors (Lipinski definition) is 4. The first-order valence-electron chi connectivity index (χ1n) is 5.95. The molecule has 1 aromatic carbocycles. The predicted octanol–water partition coefficient (Wildman–Crippen LogP) is 5.08. The van der Waals surface area contributed by atoms with Crippen molar-refractivity contribution in [2.75, 3.05) is 0 Å². The molecule has 0 atom stereocenters. The fraction of sp³-hybridized carbons (Fsp3) is 0.0714. The van der Waals surface area contributed by atoms with Crippen LogP contribution in [0, 0.1) is 0 Å². The molecule has 0 radical (unpaired) electrons. The molecular weight excluding hydrogens is 394 g/mol. The second-order valence-corrected chi connectivity index (χ2v) is 5.06. The average molecular weight is 401 g/mol. The van der Waals surface area contributed by atoms with Gasteiger partial charge in [-0.25, -0.2) is 4.98 Å². The Balaban J connectivity index is 0.000000254. The fourth-order valence-corrected chi connectivity index (χ4v) is 1.63. The normalized spacial score (nSPS) is 10.4. The summed E-state index contributed by atoms with van der Waals surface area (Å²) < 4.78 is 38.6. The van der Waals surface area contributed by atoms with Crippen molar-refractivity contribution in [3.8, 4) is 5.75 Å². The SMILES string of the molecule is O=C(Cl)c1ccc(Cl)nc1.O=C(Cl)c1ccc(OC(F)(F)F)cc1. The molecule has 0 fully saturated rings. The molecule has 128 valence electrons. The van der Waals surface area contributed by atoms with Crippen molar-refractivity contribution in [2.45, 2.75) is 6.36 Å². The van der Waals surface area contributed by atoms with E-state index in [-0.39, 0.29) is 11.3 Å². The molecule has 4 nitrogen and oxygen atoms in total. The van der Waals surface area contributed by atoms with Gasteiger partial charge in [-0.05, 0) is 59.6 Å². The van der Waals surface area contributed by atoms with Crippen LogP contribution in [0.4, 0.5) is 13.2 Å². The third kappa shape index (κ3) is 7.63. The highest BCUT2D eigenvalue weighted by atomic mass is 35.5. The lowest BCUT2D eigenvalue weighted by Crippen LogP contribution is -2.17. The molecule has 0 aliphatic rings. The molecule has 0 amide bonds. The standard InChI is InChI=1S/C8H4ClF3O2.C6H3Cl2NO/c9-7(13)5-1-3-6(4-2-5)14-8(10,11)12;7-5-2-1-4(3-9-5)6(8)10/h1-4H;1-3H. The van der Waals surface area contributed by atoms with Crippen LogP contribution in [0.15, 0.2) is 42.6 Å². The Hall–Kier alpha value is -1.83. The highest BCUT2D eigenvalue weighted by molar-refractivity contribution is 6.68. The lowest BCUT2D eigenvalue weighted by Gasteiger charge is -2.08. The average Bonchev–Trinajstić information content (AvgIpc) is 2.47. The second kappa shape index (κ2) is 8.86. The molecule has 0 N–H and O–H groups in total. The fourth-order valence-electron chi connectivity index (χ4n) is 1.28. The minimum atomic E-state index is -4.73. The summed E-state index contributed by atoms with van der Waals surface area (Å²) in [6.07, 6.45) is -3.40. The van der Waals surface area contributed by atoms with E-state index >= 15 is 0 Å². The number of nitrogens with zero attached hydrogens (tertiary/aromatic N) is 1. The van der Waals surface area contributed by atoms with E-state index in [2.05, 4.69) is 9.72 Å². The third-order valence-corrected chi connectivity index (χ3v) is 2.93. The summed E-state index contributed by atoms with van der Waals surface area (Å²) in [5.74, 6) is -0.390. The minimum Gasteiger partial charge on any atom is -0.406 e. The van der Waals surface area contributed by atoms with Gasteiger partial charge in [-0.15, -0.1) is 13.2 Å². The maximum Gasteiger partial charge on any atom is 0.573 e. The van der Waals surface area contributed by atoms with Crippen molar-refractivity contribution in [3.05, 3.63) is 58.9 Å². The number of carbonyl (C=O) groups is 2. The van der Waals surface area contributed by atoms with Crippen molar-refractivity contribution in [1.82, 2.24) is 4.98 Å². The lowest BCUT2D eigenvalue weighted by molar-refractivity contribution is -0.274. The van der Waals surface area contributed by atoms with E-state index in [0.717, 1.165) is 24.3 Å². The molecule has 0 aliphatic carbocycles. The largest absolute Gasteiger partial charge is 0.573 e. The molecule has 24 heavy (non-hydrogen) atoms. The van der Waals surface area contributed by atoms with Gasteiger partial charge < -0.3 is 4.74 Å². The van der Waals surface area contributed by atoms with Gasteiger partial charge in [0.05, 0.1) is 5.56 Å². The first-order chi connectivity index (χ1) is 11.1. The van der Waals surface area contributed by atoms with Gasteiger partial charge in [0, 0.05) is 11.8 Å². The molecule has 2 rings (SSSR count). The molecule has 0 saturated heterocycles. The number of ether oxygens (including phenoxy) is 1. The number of carbonyl (C=O) groups excluding carboxylic acids is 2. The van der Waals surface area contributed by atoms with Gasteiger partial charge in [-0.1, -0.05) is 11.6 Å². The van der Waals surface area contributed by atoms with Gasteiger partial charge in [-0.3, -0.25) is 9.59 Å². The van der Waals surface area contributed by atoms with Gasteiger partial charge in [0.2, 0.25) is 0 Å². The monoisotopic (exact) mass is 399 g/mol. The summed E-state index contributed by atoms with van der Waals surface area (Å²) >= 11 is 15.7. The zero-order valence-electron chi connectivity index (χ0n) is 11.5. The molecule has 10 heteroatoms. The number of hydrogen-bond donors (Lipinski definition) is 0. The van der Waals surface area contributed by atoms with Crippen molar-refractivity contribution < 1.29 is 27.5 Å². The Morgan fingerprint density at radius 1 is 0.917 bits per heavy atom. The zero-order chi connectivity index (χ0) is 18.3. The number of rotatable bonds is 3. The first-order valence-corrected chi connectivity index (χ1v) is 7.09. The first kappa shape index (κ1) is 20.2. The molecule has 0 aliphatic heterocycles. The number of alkyl halides is 3. The summed E-state index contributed by atoms with van der Waals surface area (Å²) in [6, 6.07) is 7.36. The third-order valence-electron chi connectivity index (χ3n) is 2.27. The lowest BCUT2D eigenvalue weighted by atomic mass is 10.2. The van der Waals surface area contributed by atoms with Crippen molar-refractivity contribution in [3.63, 3.8) is 0 Å². The number of halogens is 6. The molecular formula is C14H7Cl3F3NO3. The van der Waals surface area contributed by atoms with Crippen LogP contribution < -0.4 is 4.74 Å². The highest BCUT2D eigenvalue weighted by Crippen LogP contribution is 2.22. The number of aromatic nitrogens is 1. The zero-order valence-corrected chi connectivity index (χ0v) is 13.7. The van der Waals surface area contributed by atoms with Crippen LogP contribution in [0.5, 0.6) is 5.75 Å². The molecule has 2 aromatic rings. The molecule has 0 unspecified atom stereocenters. The van der Waals surface area contributed by atoms with Crippen LogP contribution in [-0.4, -0.2) is 21.8 Å². The second-order valence-electron chi connectivity index (χ2n) is 3.99. The maximum atomic E-state index is 11.7. The Bertz CT molecular complexity index is 704. The topological polar surface area (TPSA) is 56.3 Å². The van der Waals surface area contributed by atoms with Crippen LogP contribution >= 0.6 is 34.8 Å². The summed E-state index contributed by atoms with van der Waals surface area (Å²) in [6.45, 7) is 0. The molecule has 0 bridgehead atoms. The number of benzene rings is 1. The van der Waals surface area contributed by atoms with Crippen LogP contribution in [-0.2, 0) is 0 Å². The van der Waals surface area contributed by atoms with E-state index in [4.69, 9.17) is 34.8 Å². The van der Waals surface area contributed by atoms with E-state index in [0.29, 0.717) is 10.7 Å². The van der Waals surface area contributed by atoms with Gasteiger partial charge in [0.25, 0.3) is 10.5 Å². The van der Waals surface area contributed by atoms with E-state index < -0.39 is 16.8 Å². The molecule has 0 spiro atoms. The van der Waals surface area contributed by atoms with Crippen molar-refractivity contribution in [1.29, 1.82) is 0 Å². The van der Waals surface area contributed by atoms with Crippen LogP contribution in [0.1, 0.15) is 20.7 Å². The summed E-state index contributed by atoms with van der Waals surface area (Å²) in [5.41, 5.74) is 0.465. The Morgan fingerprint density at radius 2 is 1.42 bits per heavy atom. The molecule has 1 aromatic heterocycles. The van der Waals surface area contributed by atoms with E-state index in [1.54, 1.807) is 0 Å². The van der Waals surface area contributed by atoms with E-state index in [1.165, 1.54) is 18.3 Å². The number of pyridine rings is 1. The molecule has 1 heterocycles. The van der Waals surface area contributed by atoms with Crippen LogP contribution in [0.3, 0.4) is 0 Å².